The van der Waals surface area contributed by atoms with Crippen molar-refractivity contribution in [3.63, 3.8) is 0 Å². The van der Waals surface area contributed by atoms with E-state index in [1.54, 1.807) is 18.2 Å². The number of carbonyl (C=O) groups excluding carboxylic acids is 4. The molecule has 6 atom stereocenters. The molecule has 9 nitrogen and oxygen atoms in total. The summed E-state index contributed by atoms with van der Waals surface area (Å²) in [7, 11) is 1.43. The third-order valence-electron chi connectivity index (χ3n) is 10.1. The Labute approximate surface area is 279 Å². The second-order valence-electron chi connectivity index (χ2n) is 12.4. The number of carbonyl (C=O) groups is 4. The minimum Gasteiger partial charge on any atom is -0.508 e. The molecular formula is C35H29Cl2FN2O7. The van der Waals surface area contributed by atoms with Crippen LogP contribution in [0.25, 0.3) is 0 Å². The van der Waals surface area contributed by atoms with E-state index in [0.29, 0.717) is 17.7 Å². The van der Waals surface area contributed by atoms with E-state index in [1.165, 1.54) is 54.5 Å². The summed E-state index contributed by atoms with van der Waals surface area (Å²) in [5, 5.41) is 20.8. The summed E-state index contributed by atoms with van der Waals surface area (Å²) in [5.41, 5.74) is 1.57. The summed E-state index contributed by atoms with van der Waals surface area (Å²) in [6.07, 6.45) is 2.08. The second-order valence-corrected chi connectivity index (χ2v) is 13.7. The van der Waals surface area contributed by atoms with E-state index >= 15 is 0 Å². The Balaban J connectivity index is 1.33. The van der Waals surface area contributed by atoms with Crippen LogP contribution >= 0.6 is 23.2 Å². The van der Waals surface area contributed by atoms with Gasteiger partial charge in [-0.15, -0.1) is 23.2 Å². The monoisotopic (exact) mass is 678 g/mol. The van der Waals surface area contributed by atoms with Gasteiger partial charge in [0.25, 0.3) is 11.8 Å². The van der Waals surface area contributed by atoms with Crippen LogP contribution < -0.4 is 9.64 Å². The van der Waals surface area contributed by atoms with Gasteiger partial charge in [0.15, 0.2) is 9.75 Å². The van der Waals surface area contributed by atoms with E-state index in [9.17, 15) is 33.8 Å². The molecule has 0 aromatic heterocycles. The standard InChI is InChI=1S/C35H29Cl2FN2O7/c1-47-22-10-13-27(42)25(16-22)29-23-11-12-24-28(31(44)39(30(24)43)15-14-18-2-8-21(41)9-3-18)26(23)17-34(36)32(45)40(33(46)35(29,34)37)20-6-4-19(38)5-7-20/h2-11,13,16,24,26,28-29,41-42H,12,14-15,17H2,1H3. The molecule has 0 spiro atoms. The summed E-state index contributed by atoms with van der Waals surface area (Å²) < 4.78 is 19.3. The van der Waals surface area contributed by atoms with Crippen LogP contribution in [-0.2, 0) is 25.6 Å². The minimum atomic E-state index is -2.18. The van der Waals surface area contributed by atoms with E-state index < -0.39 is 57.0 Å². The number of rotatable bonds is 6. The third-order valence-corrected chi connectivity index (χ3v) is 11.5. The molecule has 1 saturated carbocycles. The quantitative estimate of drug-likeness (QED) is 0.212. The van der Waals surface area contributed by atoms with Crippen LogP contribution in [0.15, 0.2) is 78.4 Å². The highest BCUT2D eigenvalue weighted by Crippen LogP contribution is 2.66. The van der Waals surface area contributed by atoms with E-state index in [2.05, 4.69) is 0 Å². The number of imide groups is 2. The smallest absolute Gasteiger partial charge is 0.258 e. The van der Waals surface area contributed by atoms with Crippen LogP contribution in [0.1, 0.15) is 29.9 Å². The van der Waals surface area contributed by atoms with Gasteiger partial charge >= 0.3 is 0 Å². The average molecular weight is 680 g/mol. The van der Waals surface area contributed by atoms with E-state index in [4.69, 9.17) is 27.9 Å². The molecule has 2 heterocycles. The number of allylic oxidation sites excluding steroid dienone is 2. The first-order valence-corrected chi connectivity index (χ1v) is 15.9. The number of anilines is 1. The molecule has 2 aliphatic carbocycles. The van der Waals surface area contributed by atoms with Crippen LogP contribution in [0.3, 0.4) is 0 Å². The molecule has 2 N–H and O–H groups in total. The fourth-order valence-corrected chi connectivity index (χ4v) is 8.75. The van der Waals surface area contributed by atoms with E-state index in [1.807, 2.05) is 0 Å². The van der Waals surface area contributed by atoms with Gasteiger partial charge < -0.3 is 14.9 Å². The highest BCUT2D eigenvalue weighted by Gasteiger charge is 2.76. The lowest BCUT2D eigenvalue weighted by molar-refractivity contribution is -0.140. The Hall–Kier alpha value is -4.41. The number of hydrogen-bond acceptors (Lipinski definition) is 7. The minimum absolute atomic E-state index is 0.0619. The fourth-order valence-electron chi connectivity index (χ4n) is 7.82. The number of amides is 4. The van der Waals surface area contributed by atoms with Crippen molar-refractivity contribution < 1.29 is 38.5 Å². The Kier molecular flexibility index (Phi) is 7.37. The van der Waals surface area contributed by atoms with Crippen LogP contribution in [-0.4, -0.2) is 62.1 Å². The molecule has 12 heteroatoms. The predicted octanol–water partition coefficient (Wildman–Crippen LogP) is 5.05. The maximum Gasteiger partial charge on any atom is 0.258 e. The van der Waals surface area contributed by atoms with Crippen LogP contribution in [0, 0.1) is 23.6 Å². The highest BCUT2D eigenvalue weighted by molar-refractivity contribution is 6.58. The average Bonchev–Trinajstić information content (AvgIpc) is 3.39. The Morgan fingerprint density at radius 2 is 1.62 bits per heavy atom. The number of phenols is 2. The van der Waals surface area contributed by atoms with E-state index in [0.717, 1.165) is 22.6 Å². The van der Waals surface area contributed by atoms with Crippen molar-refractivity contribution in [3.05, 3.63) is 95.3 Å². The van der Waals surface area contributed by atoms with Crippen LogP contribution in [0.5, 0.6) is 17.2 Å². The molecule has 0 radical (unpaired) electrons. The molecule has 6 unspecified atom stereocenters. The van der Waals surface area contributed by atoms with Gasteiger partial charge in [-0.05, 0) is 85.3 Å². The van der Waals surface area contributed by atoms with Gasteiger partial charge in [0, 0.05) is 18.0 Å². The zero-order valence-corrected chi connectivity index (χ0v) is 26.5. The Morgan fingerprint density at radius 3 is 2.30 bits per heavy atom. The van der Waals surface area contributed by atoms with Gasteiger partial charge in [-0.25, -0.2) is 9.29 Å². The zero-order valence-electron chi connectivity index (χ0n) is 25.0. The lowest BCUT2D eigenvalue weighted by Crippen LogP contribution is -2.60. The first kappa shape index (κ1) is 31.2. The van der Waals surface area contributed by atoms with Crippen molar-refractivity contribution in [1.29, 1.82) is 0 Å². The Morgan fingerprint density at radius 1 is 0.915 bits per heavy atom. The lowest BCUT2D eigenvalue weighted by Gasteiger charge is -2.50. The number of likely N-dealkylation sites (tertiary alicyclic amines) is 1. The molecule has 4 amide bonds. The van der Waals surface area contributed by atoms with Crippen LogP contribution in [0.2, 0.25) is 0 Å². The van der Waals surface area contributed by atoms with Crippen molar-refractivity contribution in [2.75, 3.05) is 18.6 Å². The van der Waals surface area contributed by atoms with Crippen molar-refractivity contribution in [3.8, 4) is 17.2 Å². The molecule has 242 valence electrons. The number of nitrogens with zero attached hydrogens (tertiary/aromatic N) is 2. The molecule has 0 bridgehead atoms. The van der Waals surface area contributed by atoms with Crippen molar-refractivity contribution in [1.82, 2.24) is 4.90 Å². The van der Waals surface area contributed by atoms with Crippen molar-refractivity contribution >= 4 is 52.5 Å². The molecule has 47 heavy (non-hydrogen) atoms. The molecule has 4 aliphatic rings. The number of ether oxygens (including phenoxy) is 1. The Bertz CT molecular complexity index is 1870. The molecule has 2 aliphatic heterocycles. The first-order valence-electron chi connectivity index (χ1n) is 15.1. The zero-order chi connectivity index (χ0) is 33.4. The van der Waals surface area contributed by atoms with Gasteiger partial charge in [0.2, 0.25) is 11.8 Å². The van der Waals surface area contributed by atoms with Gasteiger partial charge in [-0.1, -0.05) is 23.8 Å². The first-order chi connectivity index (χ1) is 22.4. The molecular weight excluding hydrogens is 650 g/mol. The molecule has 2 saturated heterocycles. The van der Waals surface area contributed by atoms with Gasteiger partial charge in [0.05, 0.1) is 24.6 Å². The van der Waals surface area contributed by atoms with E-state index in [-0.39, 0.29) is 48.0 Å². The molecule has 7 rings (SSSR count). The number of methoxy groups -OCH3 is 1. The maximum absolute atomic E-state index is 14.4. The predicted molar refractivity (Wildman–Crippen MR) is 170 cm³/mol. The molecule has 3 aromatic carbocycles. The summed E-state index contributed by atoms with van der Waals surface area (Å²) in [5.74, 6) is -6.43. The van der Waals surface area contributed by atoms with Gasteiger partial charge in [-0.2, -0.15) is 0 Å². The number of alkyl halides is 2. The van der Waals surface area contributed by atoms with Crippen LogP contribution in [0.4, 0.5) is 10.1 Å². The topological polar surface area (TPSA) is 124 Å². The number of halogens is 3. The summed E-state index contributed by atoms with van der Waals surface area (Å²) in [4.78, 5) is 54.3. The fraction of sp³-hybridized carbons (Fsp3) is 0.314. The summed E-state index contributed by atoms with van der Waals surface area (Å²) >= 11 is 14.7. The van der Waals surface area contributed by atoms with Gasteiger partial charge in [0.1, 0.15) is 23.1 Å². The SMILES string of the molecule is COc1ccc(O)c(C2C3=CCC4C(=O)N(CCc5ccc(O)cc5)C(=O)C4C3CC3(Cl)C(=O)N(c4ccc(F)cc4)C(=O)C23Cl)c1. The molecule has 3 aromatic rings. The highest BCUT2D eigenvalue weighted by atomic mass is 35.5. The second kappa shape index (κ2) is 11.1. The number of phenolic OH excluding ortho intramolecular Hbond substituents is 2. The van der Waals surface area contributed by atoms with Crippen molar-refractivity contribution in [2.45, 2.75) is 34.9 Å². The molecule has 3 fully saturated rings. The van der Waals surface area contributed by atoms with Gasteiger partial charge in [-0.3, -0.25) is 24.1 Å². The largest absolute Gasteiger partial charge is 0.508 e. The normalized spacial score (nSPS) is 29.8. The summed E-state index contributed by atoms with van der Waals surface area (Å²) in [6.45, 7) is 0.110. The van der Waals surface area contributed by atoms with Crippen molar-refractivity contribution in [2.24, 2.45) is 17.8 Å². The number of fused-ring (bicyclic) bond motifs is 4. The maximum atomic E-state index is 14.4. The lowest BCUT2D eigenvalue weighted by atomic mass is 9.56. The third kappa shape index (κ3) is 4.48. The number of benzene rings is 3. The summed E-state index contributed by atoms with van der Waals surface area (Å²) in [6, 6.07) is 15.7. The number of aromatic hydroxyl groups is 2. The number of hydrogen-bond donors (Lipinski definition) is 2.